The zero-order valence-corrected chi connectivity index (χ0v) is 18.9. The van der Waals surface area contributed by atoms with E-state index in [2.05, 4.69) is 10.9 Å². The molecule has 0 saturated carbocycles. The molecule has 1 aromatic heterocycles. The molecule has 0 aliphatic carbocycles. The van der Waals surface area contributed by atoms with Gasteiger partial charge in [-0.25, -0.2) is 8.42 Å². The van der Waals surface area contributed by atoms with Crippen molar-refractivity contribution in [3.05, 3.63) is 41.3 Å². The third kappa shape index (κ3) is 5.35. The lowest BCUT2D eigenvalue weighted by atomic mass is 9.99. The van der Waals surface area contributed by atoms with Gasteiger partial charge in [0.15, 0.2) is 11.5 Å². The number of amides is 2. The molecular weight excluding hydrogens is 442 g/mol. The van der Waals surface area contributed by atoms with Crippen LogP contribution >= 0.6 is 11.3 Å². The fourth-order valence-electron chi connectivity index (χ4n) is 3.29. The molecule has 11 heteroatoms. The molecule has 0 radical (unpaired) electrons. The molecule has 0 bridgehead atoms. The van der Waals surface area contributed by atoms with Crippen molar-refractivity contribution in [1.82, 2.24) is 15.2 Å². The molecule has 1 aromatic carbocycles. The van der Waals surface area contributed by atoms with E-state index < -0.39 is 27.8 Å². The maximum atomic E-state index is 12.7. The molecule has 3 rings (SSSR count). The van der Waals surface area contributed by atoms with Crippen molar-refractivity contribution in [2.24, 2.45) is 5.92 Å². The monoisotopic (exact) mass is 467 g/mol. The van der Waals surface area contributed by atoms with E-state index in [1.54, 1.807) is 29.6 Å². The van der Waals surface area contributed by atoms with Crippen molar-refractivity contribution in [3.63, 3.8) is 0 Å². The highest BCUT2D eigenvalue weighted by Crippen LogP contribution is 2.28. The van der Waals surface area contributed by atoms with Crippen molar-refractivity contribution >= 4 is 33.2 Å². The van der Waals surface area contributed by atoms with Crippen LogP contribution in [-0.2, 0) is 14.8 Å². The summed E-state index contributed by atoms with van der Waals surface area (Å²) in [5.41, 5.74) is 5.07. The fraction of sp³-hybridized carbons (Fsp3) is 0.400. The summed E-state index contributed by atoms with van der Waals surface area (Å²) in [4.78, 5) is 25.0. The zero-order valence-electron chi connectivity index (χ0n) is 17.3. The topological polar surface area (TPSA) is 114 Å². The number of piperidine rings is 1. The SMILES string of the molecule is CCOc1ccc(C(=O)NNC(=O)C2CCCN(S(=O)(=O)c3cccs3)C2)cc1OC. The molecule has 168 valence electrons. The Labute approximate surface area is 185 Å². The summed E-state index contributed by atoms with van der Waals surface area (Å²) in [5.74, 6) is -0.591. The van der Waals surface area contributed by atoms with Gasteiger partial charge in [-0.15, -0.1) is 11.3 Å². The number of hydrazine groups is 1. The van der Waals surface area contributed by atoms with Gasteiger partial charge in [-0.05, 0) is 49.4 Å². The minimum atomic E-state index is -3.62. The van der Waals surface area contributed by atoms with Gasteiger partial charge in [0, 0.05) is 18.7 Å². The number of ether oxygens (including phenoxy) is 2. The third-order valence-electron chi connectivity index (χ3n) is 4.87. The zero-order chi connectivity index (χ0) is 22.4. The average Bonchev–Trinajstić information content (AvgIpc) is 3.33. The van der Waals surface area contributed by atoms with Gasteiger partial charge < -0.3 is 9.47 Å². The second-order valence-electron chi connectivity index (χ2n) is 6.88. The second-order valence-corrected chi connectivity index (χ2v) is 9.99. The van der Waals surface area contributed by atoms with Crippen LogP contribution in [0.2, 0.25) is 0 Å². The van der Waals surface area contributed by atoms with Gasteiger partial charge in [-0.3, -0.25) is 20.4 Å². The molecule has 1 fully saturated rings. The van der Waals surface area contributed by atoms with E-state index in [0.29, 0.717) is 37.5 Å². The fourth-order valence-corrected chi connectivity index (χ4v) is 5.96. The number of benzene rings is 1. The van der Waals surface area contributed by atoms with Crippen LogP contribution in [-0.4, -0.2) is 51.3 Å². The predicted molar refractivity (Wildman–Crippen MR) is 116 cm³/mol. The van der Waals surface area contributed by atoms with Gasteiger partial charge in [0.1, 0.15) is 4.21 Å². The highest BCUT2D eigenvalue weighted by Gasteiger charge is 2.34. The number of carbonyl (C=O) groups excluding carboxylic acids is 2. The molecular formula is C20H25N3O6S2. The molecule has 2 amide bonds. The summed E-state index contributed by atoms with van der Waals surface area (Å²) in [6, 6.07) is 7.92. The Morgan fingerprint density at radius 3 is 2.71 bits per heavy atom. The van der Waals surface area contributed by atoms with Gasteiger partial charge in [0.25, 0.3) is 15.9 Å². The number of methoxy groups -OCH3 is 1. The number of carbonyl (C=O) groups is 2. The van der Waals surface area contributed by atoms with Crippen molar-refractivity contribution in [3.8, 4) is 11.5 Å². The van der Waals surface area contributed by atoms with Gasteiger partial charge in [0.05, 0.1) is 19.6 Å². The van der Waals surface area contributed by atoms with Crippen molar-refractivity contribution in [1.29, 1.82) is 0 Å². The number of rotatable bonds is 7. The summed E-state index contributed by atoms with van der Waals surface area (Å²) < 4.78 is 37.7. The highest BCUT2D eigenvalue weighted by molar-refractivity contribution is 7.91. The summed E-state index contributed by atoms with van der Waals surface area (Å²) in [5, 5.41) is 1.70. The number of hydrogen-bond acceptors (Lipinski definition) is 7. The lowest BCUT2D eigenvalue weighted by Gasteiger charge is -2.30. The molecule has 1 aliphatic heterocycles. The first-order valence-corrected chi connectivity index (χ1v) is 12.1. The van der Waals surface area contributed by atoms with Crippen LogP contribution in [0, 0.1) is 5.92 Å². The lowest BCUT2D eigenvalue weighted by molar-refractivity contribution is -0.126. The maximum Gasteiger partial charge on any atom is 0.269 e. The van der Waals surface area contributed by atoms with Crippen LogP contribution in [0.5, 0.6) is 11.5 Å². The Morgan fingerprint density at radius 2 is 2.03 bits per heavy atom. The molecule has 2 heterocycles. The van der Waals surface area contributed by atoms with Crippen molar-refractivity contribution < 1.29 is 27.5 Å². The van der Waals surface area contributed by atoms with Crippen LogP contribution in [0.4, 0.5) is 0 Å². The average molecular weight is 468 g/mol. The maximum absolute atomic E-state index is 12.7. The number of thiophene rings is 1. The quantitative estimate of drug-likeness (QED) is 0.602. The van der Waals surface area contributed by atoms with Crippen molar-refractivity contribution in [2.75, 3.05) is 26.8 Å². The second kappa shape index (κ2) is 10.1. The number of sulfonamides is 1. The van der Waals surface area contributed by atoms with E-state index in [1.165, 1.54) is 17.5 Å². The molecule has 31 heavy (non-hydrogen) atoms. The highest BCUT2D eigenvalue weighted by atomic mass is 32.2. The van der Waals surface area contributed by atoms with E-state index in [1.807, 2.05) is 6.92 Å². The standard InChI is InChI=1S/C20H25N3O6S2/c1-3-29-16-9-8-14(12-17(16)28-2)19(24)21-22-20(25)15-6-4-10-23(13-15)31(26,27)18-7-5-11-30-18/h5,7-9,11-12,15H,3-4,6,10,13H2,1-2H3,(H,21,24)(H,22,25). The lowest BCUT2D eigenvalue weighted by Crippen LogP contribution is -2.49. The normalized spacial score (nSPS) is 17.0. The predicted octanol–water partition coefficient (Wildman–Crippen LogP) is 2.02. The molecule has 1 saturated heterocycles. The largest absolute Gasteiger partial charge is 0.493 e. The first-order chi connectivity index (χ1) is 14.9. The van der Waals surface area contributed by atoms with Crippen LogP contribution in [0.3, 0.4) is 0 Å². The minimum Gasteiger partial charge on any atom is -0.493 e. The summed E-state index contributed by atoms with van der Waals surface area (Å²) in [7, 11) is -2.14. The van der Waals surface area contributed by atoms with Gasteiger partial charge >= 0.3 is 0 Å². The molecule has 1 unspecified atom stereocenters. The third-order valence-corrected chi connectivity index (χ3v) is 8.11. The molecule has 2 aromatic rings. The number of nitrogens with zero attached hydrogens (tertiary/aromatic N) is 1. The molecule has 1 aliphatic rings. The van der Waals surface area contributed by atoms with Crippen molar-refractivity contribution in [2.45, 2.75) is 24.0 Å². The Hall–Kier alpha value is -2.63. The van der Waals surface area contributed by atoms with E-state index >= 15 is 0 Å². The van der Waals surface area contributed by atoms with Gasteiger partial charge in [-0.1, -0.05) is 6.07 Å². The first-order valence-electron chi connectivity index (χ1n) is 9.81. The first kappa shape index (κ1) is 23.0. The Morgan fingerprint density at radius 1 is 1.23 bits per heavy atom. The Bertz CT molecular complexity index is 1020. The van der Waals surface area contributed by atoms with E-state index in [-0.39, 0.29) is 16.3 Å². The summed E-state index contributed by atoms with van der Waals surface area (Å²) in [6.07, 6.45) is 1.10. The summed E-state index contributed by atoms with van der Waals surface area (Å²) in [6.45, 7) is 2.73. The van der Waals surface area contributed by atoms with Gasteiger partial charge in [-0.2, -0.15) is 4.31 Å². The van der Waals surface area contributed by atoms with Crippen LogP contribution < -0.4 is 20.3 Å². The van der Waals surface area contributed by atoms with Gasteiger partial charge in [0.2, 0.25) is 5.91 Å². The van der Waals surface area contributed by atoms with E-state index in [4.69, 9.17) is 9.47 Å². The van der Waals surface area contributed by atoms with Crippen LogP contribution in [0.25, 0.3) is 0 Å². The smallest absolute Gasteiger partial charge is 0.269 e. The van der Waals surface area contributed by atoms with Crippen LogP contribution in [0.15, 0.2) is 39.9 Å². The molecule has 9 nitrogen and oxygen atoms in total. The Kier molecular flexibility index (Phi) is 7.52. The van der Waals surface area contributed by atoms with E-state index in [9.17, 15) is 18.0 Å². The molecule has 1 atom stereocenters. The summed E-state index contributed by atoms with van der Waals surface area (Å²) >= 11 is 1.15. The van der Waals surface area contributed by atoms with E-state index in [0.717, 1.165) is 11.3 Å². The number of hydrogen-bond donors (Lipinski definition) is 2. The molecule has 0 spiro atoms. The molecule has 2 N–H and O–H groups in total. The number of nitrogens with one attached hydrogen (secondary N) is 2. The van der Waals surface area contributed by atoms with Crippen LogP contribution in [0.1, 0.15) is 30.1 Å². The Balaban J connectivity index is 1.59. The minimum absolute atomic E-state index is 0.0683.